The molecular formula is C37H32FN5O5S. The molecule has 1 aliphatic heterocycles. The van der Waals surface area contributed by atoms with Crippen LogP contribution in [0.1, 0.15) is 22.8 Å². The fraction of sp³-hybridized carbons (Fsp3) is 0.189. The number of thiophene rings is 1. The molecule has 49 heavy (non-hydrogen) atoms. The van der Waals surface area contributed by atoms with Crippen molar-refractivity contribution in [1.29, 1.82) is 0 Å². The second kappa shape index (κ2) is 14.4. The number of ether oxygens (including phenoxy) is 3. The summed E-state index contributed by atoms with van der Waals surface area (Å²) in [6, 6.07) is 22.3. The topological polar surface area (TPSA) is 108 Å². The van der Waals surface area contributed by atoms with Crippen LogP contribution in [0.4, 0.5) is 10.1 Å². The third-order valence-electron chi connectivity index (χ3n) is 7.99. The average molecular weight is 678 g/mol. The van der Waals surface area contributed by atoms with Gasteiger partial charge in [0, 0.05) is 61.7 Å². The first-order chi connectivity index (χ1) is 24.0. The molecule has 0 radical (unpaired) electrons. The predicted octanol–water partition coefficient (Wildman–Crippen LogP) is 6.92. The summed E-state index contributed by atoms with van der Waals surface area (Å²) >= 11 is 1.46. The monoisotopic (exact) mass is 677 g/mol. The largest absolute Gasteiger partial charge is 0.493 e. The van der Waals surface area contributed by atoms with E-state index >= 15 is 4.39 Å². The van der Waals surface area contributed by atoms with Gasteiger partial charge in [-0.05, 0) is 55.0 Å². The molecule has 1 N–H and O–H groups in total. The highest BCUT2D eigenvalue weighted by molar-refractivity contribution is 7.22. The normalized spacial score (nSPS) is 13.3. The van der Waals surface area contributed by atoms with Gasteiger partial charge in [-0.1, -0.05) is 24.3 Å². The lowest BCUT2D eigenvalue weighted by Gasteiger charge is -2.26. The van der Waals surface area contributed by atoms with Crippen molar-refractivity contribution in [3.63, 3.8) is 0 Å². The number of nitrogens with one attached hydrogen (secondary N) is 1. The Kier molecular flexibility index (Phi) is 9.42. The Bertz CT molecular complexity index is 2170. The number of para-hydroxylation sites is 1. The van der Waals surface area contributed by atoms with E-state index in [-0.39, 0.29) is 29.4 Å². The molecule has 0 unspecified atom stereocenters. The van der Waals surface area contributed by atoms with Crippen LogP contribution in [-0.4, -0.2) is 58.3 Å². The van der Waals surface area contributed by atoms with Gasteiger partial charge in [-0.15, -0.1) is 11.3 Å². The number of halogens is 1. The van der Waals surface area contributed by atoms with E-state index in [0.29, 0.717) is 17.0 Å². The fourth-order valence-electron chi connectivity index (χ4n) is 5.57. The second-order valence-corrected chi connectivity index (χ2v) is 12.3. The van der Waals surface area contributed by atoms with Crippen LogP contribution in [0.15, 0.2) is 102 Å². The minimum Gasteiger partial charge on any atom is -0.493 e. The Morgan fingerprint density at radius 2 is 1.82 bits per heavy atom. The molecule has 1 fully saturated rings. The number of nitrogens with zero attached hydrogens (tertiary/aromatic N) is 4. The molecule has 0 bridgehead atoms. The molecule has 10 nitrogen and oxygen atoms in total. The molecule has 1 aliphatic rings. The number of hydrogen-bond acceptors (Lipinski definition) is 9. The van der Waals surface area contributed by atoms with E-state index in [2.05, 4.69) is 21.3 Å². The number of anilines is 1. The lowest BCUT2D eigenvalue weighted by Crippen LogP contribution is -2.35. The zero-order valence-electron chi connectivity index (χ0n) is 26.6. The standard InChI is InChI=1S/C37H32FN5O5S/c1-2-47-31-13-15-43(26-6-4-3-5-7-26)37(45)34(31)36(44)41-25-9-11-30(27(38)20-25)48-32-12-14-39-29-21-33(49-35(29)32)28-10-8-24(22-40-28)23-42-16-18-46-19-17-42/h3-15,20-22H,2,16-19,23H2,1H3,(H,41,44). The van der Waals surface area contributed by atoms with Crippen molar-refractivity contribution in [3.05, 3.63) is 125 Å². The van der Waals surface area contributed by atoms with Gasteiger partial charge in [0.1, 0.15) is 17.1 Å². The van der Waals surface area contributed by atoms with Crippen molar-refractivity contribution in [1.82, 2.24) is 19.4 Å². The summed E-state index contributed by atoms with van der Waals surface area (Å²) in [5.74, 6) is -0.887. The van der Waals surface area contributed by atoms with Crippen LogP contribution in [0.3, 0.4) is 0 Å². The summed E-state index contributed by atoms with van der Waals surface area (Å²) in [6.07, 6.45) is 5.05. The van der Waals surface area contributed by atoms with Gasteiger partial charge in [0.15, 0.2) is 11.6 Å². The van der Waals surface area contributed by atoms with Crippen molar-refractivity contribution >= 4 is 33.1 Å². The smallest absolute Gasteiger partial charge is 0.271 e. The Hall–Kier alpha value is -5.43. The van der Waals surface area contributed by atoms with Gasteiger partial charge in [0.25, 0.3) is 11.5 Å². The molecule has 0 spiro atoms. The van der Waals surface area contributed by atoms with Crippen molar-refractivity contribution < 1.29 is 23.4 Å². The van der Waals surface area contributed by atoms with E-state index in [9.17, 15) is 9.59 Å². The number of rotatable bonds is 10. The van der Waals surface area contributed by atoms with Gasteiger partial charge in [-0.25, -0.2) is 4.39 Å². The van der Waals surface area contributed by atoms with E-state index < -0.39 is 17.3 Å². The number of hydrogen-bond donors (Lipinski definition) is 1. The van der Waals surface area contributed by atoms with E-state index in [0.717, 1.165) is 59.7 Å². The number of carbonyl (C=O) groups excluding carboxylic acids is 1. The Balaban J connectivity index is 1.08. The van der Waals surface area contributed by atoms with Gasteiger partial charge in [-0.3, -0.25) is 29.0 Å². The molecule has 12 heteroatoms. The molecule has 0 atom stereocenters. The number of carbonyl (C=O) groups is 1. The van der Waals surface area contributed by atoms with Crippen molar-refractivity contribution in [2.45, 2.75) is 13.5 Å². The summed E-state index contributed by atoms with van der Waals surface area (Å²) in [4.78, 5) is 39.3. The third-order valence-corrected chi connectivity index (χ3v) is 9.15. The van der Waals surface area contributed by atoms with E-state index in [1.807, 2.05) is 24.4 Å². The van der Waals surface area contributed by atoms with Crippen molar-refractivity contribution in [2.24, 2.45) is 0 Å². The molecule has 0 aliphatic carbocycles. The number of pyridine rings is 3. The first kappa shape index (κ1) is 32.1. The predicted molar refractivity (Wildman–Crippen MR) is 187 cm³/mol. The minimum atomic E-state index is -0.725. The molecule has 1 saturated heterocycles. The molecule has 7 rings (SSSR count). The number of morpholine rings is 1. The van der Waals surface area contributed by atoms with Crippen LogP contribution in [0.25, 0.3) is 26.5 Å². The molecule has 248 valence electrons. The van der Waals surface area contributed by atoms with E-state index in [1.54, 1.807) is 55.7 Å². The zero-order chi connectivity index (χ0) is 33.7. The van der Waals surface area contributed by atoms with Crippen LogP contribution in [0, 0.1) is 5.82 Å². The Morgan fingerprint density at radius 3 is 2.57 bits per heavy atom. The summed E-state index contributed by atoms with van der Waals surface area (Å²) in [5, 5.41) is 2.64. The average Bonchev–Trinajstić information content (AvgIpc) is 3.56. The third kappa shape index (κ3) is 7.07. The van der Waals surface area contributed by atoms with Crippen LogP contribution in [-0.2, 0) is 11.3 Å². The molecule has 4 aromatic heterocycles. The summed E-state index contributed by atoms with van der Waals surface area (Å²) in [7, 11) is 0. The quantitative estimate of drug-likeness (QED) is 0.167. The number of aromatic nitrogens is 3. The molecule has 2 aromatic carbocycles. The lowest BCUT2D eigenvalue weighted by molar-refractivity contribution is 0.0341. The summed E-state index contributed by atoms with van der Waals surface area (Å²) in [6.45, 7) is 6.15. The first-order valence-electron chi connectivity index (χ1n) is 15.8. The van der Waals surface area contributed by atoms with Crippen LogP contribution < -0.4 is 20.3 Å². The highest BCUT2D eigenvalue weighted by Crippen LogP contribution is 2.39. The van der Waals surface area contributed by atoms with Gasteiger partial charge >= 0.3 is 0 Å². The Morgan fingerprint density at radius 1 is 0.980 bits per heavy atom. The highest BCUT2D eigenvalue weighted by Gasteiger charge is 2.21. The first-order valence-corrected chi connectivity index (χ1v) is 16.6. The number of benzene rings is 2. The maximum absolute atomic E-state index is 15.4. The fourth-order valence-corrected chi connectivity index (χ4v) is 6.61. The van der Waals surface area contributed by atoms with Crippen molar-refractivity contribution in [3.8, 4) is 33.5 Å². The number of fused-ring (bicyclic) bond motifs is 1. The zero-order valence-corrected chi connectivity index (χ0v) is 27.4. The van der Waals surface area contributed by atoms with E-state index in [1.165, 1.54) is 28.0 Å². The molecule has 5 heterocycles. The number of amides is 1. The molecule has 6 aromatic rings. The lowest BCUT2D eigenvalue weighted by atomic mass is 10.2. The molecule has 0 saturated carbocycles. The highest BCUT2D eigenvalue weighted by atomic mass is 32.1. The summed E-state index contributed by atoms with van der Waals surface area (Å²) < 4.78 is 34.6. The van der Waals surface area contributed by atoms with Crippen LogP contribution in [0.5, 0.6) is 17.2 Å². The van der Waals surface area contributed by atoms with Gasteiger partial charge in [0.2, 0.25) is 0 Å². The van der Waals surface area contributed by atoms with Gasteiger partial charge in [-0.2, -0.15) is 0 Å². The maximum atomic E-state index is 15.4. The SMILES string of the molecule is CCOc1ccn(-c2ccccc2)c(=O)c1C(=O)Nc1ccc(Oc2ccnc3cc(-c4ccc(CN5CCOCC5)cn4)sc23)c(F)c1. The van der Waals surface area contributed by atoms with Crippen molar-refractivity contribution in [2.75, 3.05) is 38.2 Å². The molecular weight excluding hydrogens is 646 g/mol. The summed E-state index contributed by atoms with van der Waals surface area (Å²) in [5.41, 5.74) is 2.63. The van der Waals surface area contributed by atoms with E-state index in [4.69, 9.17) is 19.2 Å². The van der Waals surface area contributed by atoms with Crippen LogP contribution >= 0.6 is 11.3 Å². The minimum absolute atomic E-state index is 0.0350. The van der Waals surface area contributed by atoms with Gasteiger partial charge < -0.3 is 19.5 Å². The molecule has 1 amide bonds. The second-order valence-electron chi connectivity index (χ2n) is 11.3. The van der Waals surface area contributed by atoms with Crippen LogP contribution in [0.2, 0.25) is 0 Å². The van der Waals surface area contributed by atoms with Gasteiger partial charge in [0.05, 0.1) is 40.6 Å². The Labute approximate surface area is 285 Å². The maximum Gasteiger partial charge on any atom is 0.271 e.